The maximum Gasteiger partial charge on any atom is 0.190 e. The van der Waals surface area contributed by atoms with E-state index in [1.54, 1.807) is 23.5 Å². The first kappa shape index (κ1) is 17.9. The molecule has 2 aliphatic rings. The summed E-state index contributed by atoms with van der Waals surface area (Å²) in [5.74, 6) is 0.235. The quantitative estimate of drug-likeness (QED) is 0.458. The molecule has 0 spiro atoms. The number of benzene rings is 2. The van der Waals surface area contributed by atoms with Crippen LogP contribution in [0.2, 0.25) is 0 Å². The molecule has 0 unspecified atom stereocenters. The maximum atomic E-state index is 13.3. The Balaban J connectivity index is 1.72. The van der Waals surface area contributed by atoms with Crippen LogP contribution in [0.1, 0.15) is 61.5 Å². The maximum absolute atomic E-state index is 13.3. The second kappa shape index (κ2) is 6.94. The molecule has 1 aliphatic heterocycles. The molecule has 3 heteroatoms. The van der Waals surface area contributed by atoms with Crippen LogP contribution in [0, 0.1) is 0 Å². The molecule has 0 bridgehead atoms. The van der Waals surface area contributed by atoms with Crippen molar-refractivity contribution in [3.05, 3.63) is 69.0 Å². The third kappa shape index (κ3) is 3.39. The number of hydrogen-bond acceptors (Lipinski definition) is 3. The van der Waals surface area contributed by atoms with Crippen LogP contribution in [0.15, 0.2) is 62.1 Å². The normalized spacial score (nSPS) is 20.3. The fourth-order valence-corrected chi connectivity index (χ4v) is 6.17. The summed E-state index contributed by atoms with van der Waals surface area (Å²) in [5.41, 5.74) is 4.62. The van der Waals surface area contributed by atoms with Gasteiger partial charge in [0, 0.05) is 20.9 Å². The lowest BCUT2D eigenvalue weighted by Gasteiger charge is -2.19. The second-order valence-electron chi connectivity index (χ2n) is 8.08. The van der Waals surface area contributed by atoms with Gasteiger partial charge in [-0.1, -0.05) is 74.6 Å². The van der Waals surface area contributed by atoms with Gasteiger partial charge in [0.1, 0.15) is 0 Å². The molecule has 0 N–H and O–H groups in total. The number of thioether (sulfide) groups is 2. The van der Waals surface area contributed by atoms with E-state index in [-0.39, 0.29) is 11.2 Å². The number of aryl methyl sites for hydroxylation is 1. The highest BCUT2D eigenvalue weighted by Gasteiger charge is 2.28. The molecule has 2 aromatic carbocycles. The molecule has 0 radical (unpaired) electrons. The second-order valence-corrected chi connectivity index (χ2v) is 10.4. The molecule has 0 atom stereocenters. The smallest absolute Gasteiger partial charge is 0.190 e. The molecule has 0 amide bonds. The minimum absolute atomic E-state index is 0.144. The molecule has 4 rings (SSSR count). The summed E-state index contributed by atoms with van der Waals surface area (Å²) in [6.07, 6.45) is 4.14. The molecule has 0 saturated heterocycles. The summed E-state index contributed by atoms with van der Waals surface area (Å²) >= 11 is 3.57. The number of carbonyl (C=O) groups excluding carboxylic acids is 1. The van der Waals surface area contributed by atoms with Crippen LogP contribution >= 0.6 is 23.5 Å². The highest BCUT2D eigenvalue weighted by Crippen LogP contribution is 2.54. The van der Waals surface area contributed by atoms with Crippen molar-refractivity contribution in [1.29, 1.82) is 0 Å². The van der Waals surface area contributed by atoms with Crippen molar-refractivity contribution in [2.45, 2.75) is 61.7 Å². The summed E-state index contributed by atoms with van der Waals surface area (Å²) in [6.45, 7) is 6.74. The van der Waals surface area contributed by atoms with Crippen LogP contribution in [-0.2, 0) is 11.8 Å². The van der Waals surface area contributed by atoms with Crippen molar-refractivity contribution in [2.24, 2.45) is 0 Å². The highest BCUT2D eigenvalue weighted by molar-refractivity contribution is 8.24. The predicted octanol–water partition coefficient (Wildman–Crippen LogP) is 7.00. The van der Waals surface area contributed by atoms with Crippen LogP contribution < -0.4 is 0 Å². The molecule has 26 heavy (non-hydrogen) atoms. The number of Topliss-reactive ketones (excluding diaryl/α,β-unsaturated/α-hetero) is 1. The number of fused-ring (bicyclic) bond motifs is 2. The van der Waals surface area contributed by atoms with Gasteiger partial charge in [0.25, 0.3) is 0 Å². The highest BCUT2D eigenvalue weighted by atomic mass is 32.2. The van der Waals surface area contributed by atoms with Crippen molar-refractivity contribution in [3.8, 4) is 0 Å². The summed E-state index contributed by atoms with van der Waals surface area (Å²) < 4.78 is 1.19. The summed E-state index contributed by atoms with van der Waals surface area (Å²) in [4.78, 5) is 15.9. The van der Waals surface area contributed by atoms with Crippen molar-refractivity contribution < 1.29 is 4.79 Å². The van der Waals surface area contributed by atoms with E-state index in [1.165, 1.54) is 25.2 Å². The average Bonchev–Trinajstić information content (AvgIpc) is 3.02. The molecular weight excluding hydrogens is 356 g/mol. The van der Waals surface area contributed by atoms with Gasteiger partial charge in [0.05, 0.1) is 4.24 Å². The Kier molecular flexibility index (Phi) is 4.79. The van der Waals surface area contributed by atoms with E-state index in [0.717, 1.165) is 36.8 Å². The lowest BCUT2D eigenvalue weighted by molar-refractivity contribution is 0.102. The van der Waals surface area contributed by atoms with E-state index in [0.29, 0.717) is 0 Å². The van der Waals surface area contributed by atoms with E-state index in [1.807, 2.05) is 18.2 Å². The molecule has 0 aromatic heterocycles. The number of rotatable bonds is 0. The third-order valence-electron chi connectivity index (χ3n) is 5.12. The van der Waals surface area contributed by atoms with Gasteiger partial charge in [0.2, 0.25) is 0 Å². The Hall–Kier alpha value is -1.45. The Labute approximate surface area is 164 Å². The first-order valence-corrected chi connectivity index (χ1v) is 10.9. The van der Waals surface area contributed by atoms with Crippen molar-refractivity contribution in [3.63, 3.8) is 0 Å². The largest absolute Gasteiger partial charge is 0.289 e. The van der Waals surface area contributed by atoms with Gasteiger partial charge in [-0.3, -0.25) is 4.79 Å². The van der Waals surface area contributed by atoms with E-state index in [4.69, 9.17) is 0 Å². The Bertz CT molecular complexity index is 903. The average molecular weight is 381 g/mol. The molecular formula is C23H24OS2. The van der Waals surface area contributed by atoms with Crippen LogP contribution in [-0.4, -0.2) is 5.78 Å². The van der Waals surface area contributed by atoms with Crippen molar-refractivity contribution in [2.75, 3.05) is 0 Å². The van der Waals surface area contributed by atoms with Crippen LogP contribution in [0.25, 0.3) is 0 Å². The predicted molar refractivity (Wildman–Crippen MR) is 112 cm³/mol. The molecule has 0 saturated carbocycles. The van der Waals surface area contributed by atoms with Gasteiger partial charge in [0.15, 0.2) is 5.78 Å². The summed E-state index contributed by atoms with van der Waals surface area (Å²) in [7, 11) is 0. The zero-order valence-corrected chi connectivity index (χ0v) is 17.2. The SMILES string of the molecule is CC(C)(C)c1ccc2c(c1)SC(=C1CCCCc3ccccc3C1=O)S2. The van der Waals surface area contributed by atoms with Gasteiger partial charge in [-0.2, -0.15) is 0 Å². The molecule has 1 heterocycles. The lowest BCUT2D eigenvalue weighted by Crippen LogP contribution is -2.11. The van der Waals surface area contributed by atoms with E-state index in [2.05, 4.69) is 45.0 Å². The molecule has 134 valence electrons. The van der Waals surface area contributed by atoms with Crippen LogP contribution in [0.4, 0.5) is 0 Å². The minimum Gasteiger partial charge on any atom is -0.289 e. The molecule has 2 aromatic rings. The van der Waals surface area contributed by atoms with Gasteiger partial charge >= 0.3 is 0 Å². The molecule has 0 fully saturated rings. The third-order valence-corrected chi connectivity index (χ3v) is 7.75. The first-order chi connectivity index (χ1) is 12.4. The lowest BCUT2D eigenvalue weighted by atomic mass is 9.87. The van der Waals surface area contributed by atoms with Gasteiger partial charge < -0.3 is 0 Å². The molecule has 1 aliphatic carbocycles. The number of ketones is 1. The Morgan fingerprint density at radius 3 is 2.42 bits per heavy atom. The van der Waals surface area contributed by atoms with Crippen molar-refractivity contribution >= 4 is 29.3 Å². The van der Waals surface area contributed by atoms with Crippen LogP contribution in [0.5, 0.6) is 0 Å². The Morgan fingerprint density at radius 1 is 0.885 bits per heavy atom. The molecule has 1 nitrogen and oxygen atoms in total. The number of carbonyl (C=O) groups is 1. The minimum atomic E-state index is 0.144. The zero-order chi connectivity index (χ0) is 18.3. The van der Waals surface area contributed by atoms with E-state index >= 15 is 0 Å². The van der Waals surface area contributed by atoms with Gasteiger partial charge in [-0.25, -0.2) is 0 Å². The standard InChI is InChI=1S/C23H24OS2/c1-23(2,3)16-12-13-19-20(14-16)26-22(25-19)18-11-7-5-9-15-8-4-6-10-17(15)21(18)24/h4,6,8,10,12-14H,5,7,9,11H2,1-3H3. The Morgan fingerprint density at radius 2 is 1.62 bits per heavy atom. The van der Waals surface area contributed by atoms with E-state index in [9.17, 15) is 4.79 Å². The topological polar surface area (TPSA) is 17.1 Å². The number of allylic oxidation sites excluding steroid dienone is 1. The monoisotopic (exact) mass is 380 g/mol. The first-order valence-electron chi connectivity index (χ1n) is 9.29. The van der Waals surface area contributed by atoms with Crippen LogP contribution in [0.3, 0.4) is 0 Å². The van der Waals surface area contributed by atoms with Crippen molar-refractivity contribution in [1.82, 2.24) is 0 Å². The van der Waals surface area contributed by atoms with E-state index < -0.39 is 0 Å². The zero-order valence-electron chi connectivity index (χ0n) is 15.6. The fraction of sp³-hybridized carbons (Fsp3) is 0.348. The summed E-state index contributed by atoms with van der Waals surface area (Å²) in [6, 6.07) is 14.9. The number of hydrogen-bond donors (Lipinski definition) is 0. The fourth-order valence-electron chi connectivity index (χ4n) is 3.53. The van der Waals surface area contributed by atoms with Gasteiger partial charge in [-0.15, -0.1) is 0 Å². The summed E-state index contributed by atoms with van der Waals surface area (Å²) in [5, 5.41) is 0. The van der Waals surface area contributed by atoms with Gasteiger partial charge in [-0.05, 0) is 54.4 Å².